The smallest absolute Gasteiger partial charge is 0.251 e. The molecule has 4 saturated carbocycles. The second-order valence-electron chi connectivity index (χ2n) is 9.24. The average Bonchev–Trinajstić information content (AvgIpc) is 2.52. The van der Waals surface area contributed by atoms with E-state index in [-0.39, 0.29) is 17.7 Å². The molecule has 1 aromatic carbocycles. The second kappa shape index (κ2) is 6.36. The van der Waals surface area contributed by atoms with Gasteiger partial charge in [0.05, 0.1) is 5.75 Å². The number of hydrogen-bond acceptors (Lipinski definition) is 3. The van der Waals surface area contributed by atoms with Gasteiger partial charge in [0.2, 0.25) is 0 Å². The highest BCUT2D eigenvalue weighted by Gasteiger charge is 2.53. The van der Waals surface area contributed by atoms with Crippen LogP contribution in [0.25, 0.3) is 0 Å². The van der Waals surface area contributed by atoms with E-state index in [0.717, 1.165) is 23.3 Å². The number of hydrogen-bond donors (Lipinski definition) is 1. The highest BCUT2D eigenvalue weighted by atomic mass is 32.2. The maximum absolute atomic E-state index is 12.7. The van der Waals surface area contributed by atoms with Gasteiger partial charge in [0.1, 0.15) is 0 Å². The standard InChI is InChI=1S/C21H29NO3S/c1-14(21-10-16-7-17(11-21)9-18(8-16)12-21)22-20(23)19-5-3-15(4-6-19)13-26(2,24)25/h3-6,14,16-18H,7-13H2,1-2H3,(H,22,23)/t14-,16?,17?,18?,21?/m1/s1. The molecule has 1 amide bonds. The van der Waals surface area contributed by atoms with E-state index in [2.05, 4.69) is 12.2 Å². The fourth-order valence-electron chi connectivity index (χ4n) is 6.20. The molecule has 0 aromatic heterocycles. The third kappa shape index (κ3) is 3.55. The molecular weight excluding hydrogens is 346 g/mol. The van der Waals surface area contributed by atoms with Crippen molar-refractivity contribution in [1.82, 2.24) is 5.32 Å². The van der Waals surface area contributed by atoms with Crippen LogP contribution in [0.15, 0.2) is 24.3 Å². The third-order valence-electron chi connectivity index (χ3n) is 7.00. The summed E-state index contributed by atoms with van der Waals surface area (Å²) in [5, 5.41) is 3.26. The lowest BCUT2D eigenvalue weighted by Crippen LogP contribution is -2.55. The highest BCUT2D eigenvalue weighted by molar-refractivity contribution is 7.89. The molecule has 0 aliphatic heterocycles. The lowest BCUT2D eigenvalue weighted by atomic mass is 9.48. The van der Waals surface area contributed by atoms with Gasteiger partial charge in [-0.25, -0.2) is 8.42 Å². The molecule has 0 saturated heterocycles. The van der Waals surface area contributed by atoms with Gasteiger partial charge >= 0.3 is 0 Å². The minimum atomic E-state index is -3.06. The molecule has 0 spiro atoms. The van der Waals surface area contributed by atoms with E-state index in [1.165, 1.54) is 44.8 Å². The number of carbonyl (C=O) groups is 1. The summed E-state index contributed by atoms with van der Waals surface area (Å²) < 4.78 is 22.8. The molecule has 0 radical (unpaired) electrons. The first-order chi connectivity index (χ1) is 12.2. The Balaban J connectivity index is 1.43. The van der Waals surface area contributed by atoms with Crippen molar-refractivity contribution in [3.8, 4) is 0 Å². The Hall–Kier alpha value is -1.36. The summed E-state index contributed by atoms with van der Waals surface area (Å²) in [6, 6.07) is 7.15. The SMILES string of the molecule is C[C@@H](NC(=O)c1ccc(CS(C)(=O)=O)cc1)C12CC3CC(CC(C3)C1)C2. The van der Waals surface area contributed by atoms with E-state index < -0.39 is 9.84 Å². The van der Waals surface area contributed by atoms with E-state index in [9.17, 15) is 13.2 Å². The monoisotopic (exact) mass is 375 g/mol. The number of benzene rings is 1. The summed E-state index contributed by atoms with van der Waals surface area (Å²) in [7, 11) is -3.06. The fourth-order valence-corrected chi connectivity index (χ4v) is 6.99. The lowest BCUT2D eigenvalue weighted by Gasteiger charge is -2.59. The molecule has 142 valence electrons. The van der Waals surface area contributed by atoms with Gasteiger partial charge in [-0.15, -0.1) is 0 Å². The molecule has 0 unspecified atom stereocenters. The molecule has 4 bridgehead atoms. The van der Waals surface area contributed by atoms with Crippen LogP contribution in [0.5, 0.6) is 0 Å². The van der Waals surface area contributed by atoms with Crippen molar-refractivity contribution in [2.75, 3.05) is 6.26 Å². The maximum atomic E-state index is 12.7. The first kappa shape index (κ1) is 18.0. The van der Waals surface area contributed by atoms with Gasteiger partial charge in [0.15, 0.2) is 9.84 Å². The van der Waals surface area contributed by atoms with Crippen LogP contribution in [-0.4, -0.2) is 26.6 Å². The van der Waals surface area contributed by atoms with Crippen LogP contribution in [0.2, 0.25) is 0 Å². The molecular formula is C21H29NO3S. The predicted octanol–water partition coefficient (Wildman–Crippen LogP) is 3.57. The average molecular weight is 376 g/mol. The van der Waals surface area contributed by atoms with Crippen LogP contribution in [-0.2, 0) is 15.6 Å². The molecule has 26 heavy (non-hydrogen) atoms. The summed E-state index contributed by atoms with van der Waals surface area (Å²) in [6.45, 7) is 2.18. The summed E-state index contributed by atoms with van der Waals surface area (Å²) in [4.78, 5) is 12.7. The van der Waals surface area contributed by atoms with Crippen LogP contribution in [0.1, 0.15) is 61.4 Å². The van der Waals surface area contributed by atoms with Crippen molar-refractivity contribution in [1.29, 1.82) is 0 Å². The van der Waals surface area contributed by atoms with Gasteiger partial charge in [-0.1, -0.05) is 12.1 Å². The van der Waals surface area contributed by atoms with Crippen molar-refractivity contribution in [3.05, 3.63) is 35.4 Å². The Morgan fingerprint density at radius 1 is 1.08 bits per heavy atom. The maximum Gasteiger partial charge on any atom is 0.251 e. The molecule has 0 heterocycles. The van der Waals surface area contributed by atoms with Crippen molar-refractivity contribution in [3.63, 3.8) is 0 Å². The van der Waals surface area contributed by atoms with Crippen LogP contribution < -0.4 is 5.32 Å². The molecule has 4 fully saturated rings. The Kier molecular flexibility index (Phi) is 4.41. The largest absolute Gasteiger partial charge is 0.349 e. The van der Waals surface area contributed by atoms with Gasteiger partial charge in [0, 0.05) is 17.9 Å². The van der Waals surface area contributed by atoms with E-state index >= 15 is 0 Å². The van der Waals surface area contributed by atoms with E-state index in [1.807, 2.05) is 0 Å². The summed E-state index contributed by atoms with van der Waals surface area (Å²) in [5.74, 6) is 2.58. The number of amides is 1. The Morgan fingerprint density at radius 3 is 2.04 bits per heavy atom. The molecule has 5 heteroatoms. The molecule has 4 aliphatic rings. The zero-order chi connectivity index (χ0) is 18.5. The van der Waals surface area contributed by atoms with Crippen LogP contribution in [0, 0.1) is 23.2 Å². The van der Waals surface area contributed by atoms with Gasteiger partial charge in [-0.05, 0) is 86.3 Å². The molecule has 5 rings (SSSR count). The quantitative estimate of drug-likeness (QED) is 0.856. The molecule has 4 aliphatic carbocycles. The first-order valence-electron chi connectivity index (χ1n) is 9.80. The highest BCUT2D eigenvalue weighted by Crippen LogP contribution is 2.61. The molecule has 1 aromatic rings. The van der Waals surface area contributed by atoms with Crippen LogP contribution >= 0.6 is 0 Å². The number of rotatable bonds is 5. The van der Waals surface area contributed by atoms with Gasteiger partial charge in [0.25, 0.3) is 5.91 Å². The summed E-state index contributed by atoms with van der Waals surface area (Å²) >= 11 is 0. The normalized spacial score (nSPS) is 33.8. The van der Waals surface area contributed by atoms with E-state index in [1.54, 1.807) is 24.3 Å². The topological polar surface area (TPSA) is 63.2 Å². The zero-order valence-corrected chi connectivity index (χ0v) is 16.5. The minimum Gasteiger partial charge on any atom is -0.349 e. The number of carbonyl (C=O) groups excluding carboxylic acids is 1. The van der Waals surface area contributed by atoms with Crippen LogP contribution in [0.4, 0.5) is 0 Å². The van der Waals surface area contributed by atoms with Gasteiger partial charge in [-0.3, -0.25) is 4.79 Å². The van der Waals surface area contributed by atoms with E-state index in [4.69, 9.17) is 0 Å². The molecule has 1 atom stereocenters. The van der Waals surface area contributed by atoms with Crippen molar-refractivity contribution >= 4 is 15.7 Å². The van der Waals surface area contributed by atoms with Gasteiger partial charge in [-0.2, -0.15) is 0 Å². The summed E-state index contributed by atoms with van der Waals surface area (Å²) in [5.41, 5.74) is 1.62. The predicted molar refractivity (Wildman–Crippen MR) is 103 cm³/mol. The zero-order valence-electron chi connectivity index (χ0n) is 15.7. The molecule has 4 nitrogen and oxygen atoms in total. The molecule has 1 N–H and O–H groups in total. The minimum absolute atomic E-state index is 0.0125. The second-order valence-corrected chi connectivity index (χ2v) is 11.4. The third-order valence-corrected chi connectivity index (χ3v) is 7.85. The Labute approximate surface area is 156 Å². The Bertz CT molecular complexity index is 762. The summed E-state index contributed by atoms with van der Waals surface area (Å²) in [6.07, 6.45) is 9.25. The number of sulfone groups is 1. The van der Waals surface area contributed by atoms with Crippen molar-refractivity contribution < 1.29 is 13.2 Å². The van der Waals surface area contributed by atoms with Crippen LogP contribution in [0.3, 0.4) is 0 Å². The number of nitrogens with one attached hydrogen (secondary N) is 1. The van der Waals surface area contributed by atoms with Gasteiger partial charge < -0.3 is 5.32 Å². The van der Waals surface area contributed by atoms with E-state index in [0.29, 0.717) is 11.0 Å². The first-order valence-corrected chi connectivity index (χ1v) is 11.9. The Morgan fingerprint density at radius 2 is 1.58 bits per heavy atom. The lowest BCUT2D eigenvalue weighted by molar-refractivity contribution is -0.0688. The van der Waals surface area contributed by atoms with Crippen molar-refractivity contribution in [2.24, 2.45) is 23.2 Å². The van der Waals surface area contributed by atoms with Crippen molar-refractivity contribution in [2.45, 2.75) is 57.2 Å². The fraction of sp³-hybridized carbons (Fsp3) is 0.667.